The van der Waals surface area contributed by atoms with Crippen LogP contribution >= 0.6 is 23.2 Å². The summed E-state index contributed by atoms with van der Waals surface area (Å²) in [6.07, 6.45) is 1.18. The van der Waals surface area contributed by atoms with E-state index in [9.17, 15) is 13.2 Å². The predicted octanol–water partition coefficient (Wildman–Crippen LogP) is 6.32. The highest BCUT2D eigenvalue weighted by Gasteiger charge is 2.18. The maximum absolute atomic E-state index is 12.2. The van der Waals surface area contributed by atoms with Gasteiger partial charge < -0.3 is 10.3 Å². The monoisotopic (exact) mass is 522 g/mol. The van der Waals surface area contributed by atoms with Gasteiger partial charge in [-0.25, -0.2) is 8.42 Å². The van der Waals surface area contributed by atoms with Crippen LogP contribution in [0.4, 0.5) is 0 Å². The number of nitrogens with zero attached hydrogens (tertiary/aromatic N) is 1. The van der Waals surface area contributed by atoms with Crippen molar-refractivity contribution < 1.29 is 13.2 Å². The van der Waals surface area contributed by atoms with E-state index in [-0.39, 0.29) is 4.90 Å². The lowest BCUT2D eigenvalue weighted by Gasteiger charge is -2.10. The van der Waals surface area contributed by atoms with E-state index in [0.29, 0.717) is 22.2 Å². The van der Waals surface area contributed by atoms with Crippen LogP contribution < -0.4 is 5.73 Å². The number of aromatic nitrogens is 1. The second-order valence-electron chi connectivity index (χ2n) is 8.42. The lowest BCUT2D eigenvalue weighted by molar-refractivity contribution is 0.100. The average Bonchev–Trinajstić information content (AvgIpc) is 3.12. The van der Waals surface area contributed by atoms with Crippen LogP contribution in [-0.4, -0.2) is 25.1 Å². The molecule has 1 heterocycles. The third-order valence-electron chi connectivity index (χ3n) is 6.09. The minimum Gasteiger partial charge on any atom is -0.366 e. The molecule has 176 valence electrons. The molecule has 0 atom stereocenters. The molecule has 8 heteroatoms. The van der Waals surface area contributed by atoms with Crippen molar-refractivity contribution in [1.29, 1.82) is 0 Å². The lowest BCUT2D eigenvalue weighted by Crippen LogP contribution is -2.11. The Morgan fingerprint density at radius 1 is 0.914 bits per heavy atom. The zero-order chi connectivity index (χ0) is 24.9. The van der Waals surface area contributed by atoms with Crippen LogP contribution in [0.3, 0.4) is 0 Å². The highest BCUT2D eigenvalue weighted by molar-refractivity contribution is 7.90. The summed E-state index contributed by atoms with van der Waals surface area (Å²) in [5, 5.41) is 2.75. The van der Waals surface area contributed by atoms with E-state index in [1.807, 2.05) is 36.4 Å². The van der Waals surface area contributed by atoms with Crippen molar-refractivity contribution in [2.45, 2.75) is 11.4 Å². The number of rotatable bonds is 5. The van der Waals surface area contributed by atoms with Gasteiger partial charge in [-0.1, -0.05) is 59.6 Å². The van der Waals surface area contributed by atoms with Crippen molar-refractivity contribution in [2.75, 3.05) is 6.26 Å². The molecular formula is C27H20Cl2N2O3S. The van der Waals surface area contributed by atoms with Crippen LogP contribution in [0, 0.1) is 0 Å². The Hall–Kier alpha value is -3.32. The van der Waals surface area contributed by atoms with E-state index in [1.165, 1.54) is 6.26 Å². The Bertz CT molecular complexity index is 1740. The molecule has 0 aliphatic rings. The van der Waals surface area contributed by atoms with E-state index in [0.717, 1.165) is 38.5 Å². The number of primary amides is 1. The van der Waals surface area contributed by atoms with E-state index in [4.69, 9.17) is 28.9 Å². The normalized spacial score (nSPS) is 11.9. The summed E-state index contributed by atoms with van der Waals surface area (Å²) >= 11 is 12.6. The highest BCUT2D eigenvalue weighted by atomic mass is 35.5. The molecular weight excluding hydrogens is 503 g/mol. The summed E-state index contributed by atoms with van der Waals surface area (Å²) in [6.45, 7) is 0.462. The van der Waals surface area contributed by atoms with E-state index >= 15 is 0 Å². The first-order valence-corrected chi connectivity index (χ1v) is 13.4. The first kappa shape index (κ1) is 23.4. The maximum atomic E-state index is 12.2. The summed E-state index contributed by atoms with van der Waals surface area (Å²) in [5.41, 5.74) is 10.5. The van der Waals surface area contributed by atoms with Crippen molar-refractivity contribution in [1.82, 2.24) is 4.57 Å². The molecule has 5 nitrogen and oxygen atoms in total. The second kappa shape index (κ2) is 8.72. The molecule has 5 rings (SSSR count). The van der Waals surface area contributed by atoms with Gasteiger partial charge >= 0.3 is 0 Å². The van der Waals surface area contributed by atoms with E-state index < -0.39 is 15.7 Å². The fourth-order valence-corrected chi connectivity index (χ4v) is 5.58. The van der Waals surface area contributed by atoms with Crippen LogP contribution in [0.5, 0.6) is 0 Å². The van der Waals surface area contributed by atoms with E-state index in [2.05, 4.69) is 4.57 Å². The van der Waals surface area contributed by atoms with Gasteiger partial charge in [-0.2, -0.15) is 0 Å². The Balaban J connectivity index is 1.75. The largest absolute Gasteiger partial charge is 0.366 e. The molecule has 0 radical (unpaired) electrons. The molecule has 0 fully saturated rings. The van der Waals surface area contributed by atoms with Crippen molar-refractivity contribution in [3.05, 3.63) is 100 Å². The SMILES string of the molecule is CS(=O)(=O)c1ccc(Cn2c3cc(-c4ccc(Cl)cc4Cl)ccc3c3c(C(N)=O)cccc32)cc1. The number of nitrogens with two attached hydrogens (primary N) is 1. The average molecular weight is 523 g/mol. The third kappa shape index (κ3) is 4.29. The molecule has 0 aliphatic heterocycles. The van der Waals surface area contributed by atoms with Crippen LogP contribution in [0.15, 0.2) is 83.8 Å². The fraction of sp³-hybridized carbons (Fsp3) is 0.0741. The zero-order valence-electron chi connectivity index (χ0n) is 18.6. The number of hydrogen-bond acceptors (Lipinski definition) is 3. The van der Waals surface area contributed by atoms with Gasteiger partial charge in [0.2, 0.25) is 5.91 Å². The summed E-state index contributed by atoms with van der Waals surface area (Å²) in [5.74, 6) is -0.503. The molecule has 0 aliphatic carbocycles. The third-order valence-corrected chi connectivity index (χ3v) is 7.77. The smallest absolute Gasteiger partial charge is 0.249 e. The van der Waals surface area contributed by atoms with Crippen LogP contribution in [0.25, 0.3) is 32.9 Å². The van der Waals surface area contributed by atoms with Gasteiger partial charge in [0.05, 0.1) is 15.9 Å². The van der Waals surface area contributed by atoms with Gasteiger partial charge in [0.25, 0.3) is 0 Å². The molecule has 0 bridgehead atoms. The summed E-state index contributed by atoms with van der Waals surface area (Å²) < 4.78 is 25.8. The Kier molecular flexibility index (Phi) is 5.83. The van der Waals surface area contributed by atoms with Crippen molar-refractivity contribution in [3.8, 4) is 11.1 Å². The van der Waals surface area contributed by atoms with Gasteiger partial charge in [0.1, 0.15) is 0 Å². The highest BCUT2D eigenvalue weighted by Crippen LogP contribution is 2.37. The molecule has 0 spiro atoms. The maximum Gasteiger partial charge on any atom is 0.249 e. The summed E-state index contributed by atoms with van der Waals surface area (Å²) in [4.78, 5) is 12.5. The topological polar surface area (TPSA) is 82.2 Å². The predicted molar refractivity (Wildman–Crippen MR) is 142 cm³/mol. The van der Waals surface area contributed by atoms with Crippen molar-refractivity contribution in [3.63, 3.8) is 0 Å². The quantitative estimate of drug-likeness (QED) is 0.293. The standard InChI is InChI=1S/C27H20Cl2N2O3S/c1-35(33,34)19-9-5-16(6-10-19)15-31-24-4-2-3-22(27(30)32)26(24)21-11-7-17(13-25(21)31)20-12-8-18(28)14-23(20)29/h2-14H,15H2,1H3,(H2,30,32). The Labute approximate surface area is 212 Å². The number of fused-ring (bicyclic) bond motifs is 3. The van der Waals surface area contributed by atoms with Gasteiger partial charge in [-0.15, -0.1) is 0 Å². The van der Waals surface area contributed by atoms with Gasteiger partial charge in [-0.3, -0.25) is 4.79 Å². The van der Waals surface area contributed by atoms with Gasteiger partial charge in [0.15, 0.2) is 9.84 Å². The zero-order valence-corrected chi connectivity index (χ0v) is 21.0. The fourth-order valence-electron chi connectivity index (χ4n) is 4.44. The molecule has 35 heavy (non-hydrogen) atoms. The molecule has 0 unspecified atom stereocenters. The minimum atomic E-state index is -3.29. The number of sulfone groups is 1. The Morgan fingerprint density at radius 2 is 1.66 bits per heavy atom. The molecule has 1 aromatic heterocycles. The van der Waals surface area contributed by atoms with Crippen molar-refractivity contribution >= 4 is 60.8 Å². The van der Waals surface area contributed by atoms with Crippen molar-refractivity contribution in [2.24, 2.45) is 5.73 Å². The molecule has 2 N–H and O–H groups in total. The number of amides is 1. The molecule has 5 aromatic rings. The molecule has 0 saturated carbocycles. The molecule has 4 aromatic carbocycles. The number of benzene rings is 4. The minimum absolute atomic E-state index is 0.263. The first-order chi connectivity index (χ1) is 16.6. The summed E-state index contributed by atoms with van der Waals surface area (Å²) in [7, 11) is -3.29. The van der Waals surface area contributed by atoms with Crippen LogP contribution in [-0.2, 0) is 16.4 Å². The molecule has 0 saturated heterocycles. The second-order valence-corrected chi connectivity index (χ2v) is 11.3. The lowest BCUT2D eigenvalue weighted by atomic mass is 10.0. The van der Waals surface area contributed by atoms with E-state index in [1.54, 1.807) is 42.5 Å². The Morgan fingerprint density at radius 3 is 2.31 bits per heavy atom. The van der Waals surface area contributed by atoms with Crippen LogP contribution in [0.1, 0.15) is 15.9 Å². The molecule has 1 amide bonds. The number of hydrogen-bond donors (Lipinski definition) is 1. The number of carbonyl (C=O) groups excluding carboxylic acids is 1. The number of carbonyl (C=O) groups is 1. The first-order valence-electron chi connectivity index (χ1n) is 10.7. The summed E-state index contributed by atoms with van der Waals surface area (Å²) in [6, 6.07) is 23.6. The van der Waals surface area contributed by atoms with Gasteiger partial charge in [-0.05, 0) is 53.6 Å². The number of halogens is 2. The van der Waals surface area contributed by atoms with Crippen LogP contribution in [0.2, 0.25) is 10.0 Å². The van der Waals surface area contributed by atoms with Gasteiger partial charge in [0, 0.05) is 44.7 Å².